The van der Waals surface area contributed by atoms with Gasteiger partial charge in [0, 0.05) is 43.1 Å². The molecule has 2 amide bonds. The number of nitrogens with one attached hydrogen (secondary N) is 1. The second-order valence-corrected chi connectivity index (χ2v) is 7.49. The molecule has 0 atom stereocenters. The van der Waals surface area contributed by atoms with Crippen molar-refractivity contribution in [3.63, 3.8) is 0 Å². The Balaban J connectivity index is 1.34. The fourth-order valence-electron chi connectivity index (χ4n) is 3.70. The normalized spacial score (nSPS) is 13.6. The predicted octanol–water partition coefficient (Wildman–Crippen LogP) is 4.05. The molecule has 1 aliphatic heterocycles. The van der Waals surface area contributed by atoms with Gasteiger partial charge >= 0.3 is 0 Å². The van der Waals surface area contributed by atoms with Gasteiger partial charge in [0.1, 0.15) is 11.6 Å². The summed E-state index contributed by atoms with van der Waals surface area (Å²) in [5.41, 5.74) is 2.32. The maximum atomic E-state index is 13.9. The fraction of sp³-hybridized carbons (Fsp3) is 0.200. The number of carbonyl (C=O) groups excluding carboxylic acids is 2. The minimum Gasteiger partial charge on any atom is -0.497 e. The number of methoxy groups -OCH3 is 1. The van der Waals surface area contributed by atoms with Crippen LogP contribution in [0, 0.1) is 5.82 Å². The number of nitrogens with zero attached hydrogens (tertiary/aromatic N) is 2. The van der Waals surface area contributed by atoms with E-state index in [1.807, 2.05) is 24.3 Å². The molecule has 164 valence electrons. The van der Waals surface area contributed by atoms with Gasteiger partial charge in [0.05, 0.1) is 12.7 Å². The lowest BCUT2D eigenvalue weighted by Gasteiger charge is -2.36. The molecule has 1 N–H and O–H groups in total. The number of anilines is 2. The number of halogens is 1. The van der Waals surface area contributed by atoms with Crippen LogP contribution in [0.2, 0.25) is 0 Å². The Morgan fingerprint density at radius 1 is 0.906 bits per heavy atom. The number of benzene rings is 3. The number of hydrogen-bond acceptors (Lipinski definition) is 4. The van der Waals surface area contributed by atoms with Crippen molar-refractivity contribution in [2.24, 2.45) is 0 Å². The van der Waals surface area contributed by atoms with E-state index in [0.29, 0.717) is 43.2 Å². The molecule has 3 aromatic rings. The minimum absolute atomic E-state index is 0.108. The first-order chi connectivity index (χ1) is 15.5. The highest BCUT2D eigenvalue weighted by molar-refractivity contribution is 6.04. The highest BCUT2D eigenvalue weighted by atomic mass is 19.1. The zero-order valence-corrected chi connectivity index (χ0v) is 17.8. The summed E-state index contributed by atoms with van der Waals surface area (Å²) < 4.78 is 19.1. The van der Waals surface area contributed by atoms with Crippen LogP contribution in [0.5, 0.6) is 5.75 Å². The van der Waals surface area contributed by atoms with Crippen LogP contribution in [0.4, 0.5) is 15.8 Å². The monoisotopic (exact) mass is 433 g/mol. The molecule has 32 heavy (non-hydrogen) atoms. The number of rotatable bonds is 5. The van der Waals surface area contributed by atoms with Gasteiger partial charge < -0.3 is 19.9 Å². The van der Waals surface area contributed by atoms with Crippen molar-refractivity contribution in [1.29, 1.82) is 0 Å². The molecule has 1 heterocycles. The standard InChI is InChI=1S/C25H24FN3O3/c1-32-21-6-4-5-18(17-21)24(30)27-19-9-11-20(12-10-19)28-13-15-29(16-14-28)25(31)22-7-2-3-8-23(22)26/h2-12,17H,13-16H2,1H3,(H,27,30). The molecule has 4 rings (SSSR count). The summed E-state index contributed by atoms with van der Waals surface area (Å²) in [5.74, 6) is -0.359. The zero-order chi connectivity index (χ0) is 22.5. The lowest BCUT2D eigenvalue weighted by Crippen LogP contribution is -2.49. The van der Waals surface area contributed by atoms with E-state index < -0.39 is 5.82 Å². The van der Waals surface area contributed by atoms with Crippen LogP contribution in [0.1, 0.15) is 20.7 Å². The summed E-state index contributed by atoms with van der Waals surface area (Å²) in [6, 6.07) is 20.6. The average molecular weight is 433 g/mol. The molecule has 0 spiro atoms. The number of amides is 2. The van der Waals surface area contributed by atoms with Crippen LogP contribution < -0.4 is 15.0 Å². The second kappa shape index (κ2) is 9.51. The van der Waals surface area contributed by atoms with E-state index in [1.165, 1.54) is 12.1 Å². The lowest BCUT2D eigenvalue weighted by atomic mass is 10.1. The largest absolute Gasteiger partial charge is 0.497 e. The van der Waals surface area contributed by atoms with Gasteiger partial charge in [-0.2, -0.15) is 0 Å². The van der Waals surface area contributed by atoms with Crippen molar-refractivity contribution >= 4 is 23.2 Å². The van der Waals surface area contributed by atoms with E-state index in [-0.39, 0.29) is 17.4 Å². The summed E-state index contributed by atoms with van der Waals surface area (Å²) >= 11 is 0. The van der Waals surface area contributed by atoms with Gasteiger partial charge in [-0.25, -0.2) is 4.39 Å². The Bertz CT molecular complexity index is 1110. The number of piperazine rings is 1. The SMILES string of the molecule is COc1cccc(C(=O)Nc2ccc(N3CCN(C(=O)c4ccccc4F)CC3)cc2)c1. The summed E-state index contributed by atoms with van der Waals surface area (Å²) in [7, 11) is 1.56. The molecule has 0 unspecified atom stereocenters. The van der Waals surface area contributed by atoms with Gasteiger partial charge in [-0.05, 0) is 54.6 Å². The molecule has 6 nitrogen and oxygen atoms in total. The predicted molar refractivity (Wildman–Crippen MR) is 122 cm³/mol. The van der Waals surface area contributed by atoms with Crippen LogP contribution in [-0.4, -0.2) is 50.0 Å². The molecule has 1 saturated heterocycles. The maximum absolute atomic E-state index is 13.9. The van der Waals surface area contributed by atoms with Crippen molar-refractivity contribution < 1.29 is 18.7 Å². The summed E-state index contributed by atoms with van der Waals surface area (Å²) in [4.78, 5) is 28.9. The Kier molecular flexibility index (Phi) is 6.35. The highest BCUT2D eigenvalue weighted by Crippen LogP contribution is 2.21. The fourth-order valence-corrected chi connectivity index (χ4v) is 3.70. The molecular weight excluding hydrogens is 409 g/mol. The van der Waals surface area contributed by atoms with E-state index in [2.05, 4.69) is 10.2 Å². The van der Waals surface area contributed by atoms with Crippen molar-refractivity contribution in [3.05, 3.63) is 89.7 Å². The number of ether oxygens (including phenoxy) is 1. The van der Waals surface area contributed by atoms with Crippen LogP contribution in [-0.2, 0) is 0 Å². The van der Waals surface area contributed by atoms with Crippen LogP contribution in [0.15, 0.2) is 72.8 Å². The third kappa shape index (κ3) is 4.72. The number of carbonyl (C=O) groups is 2. The molecule has 0 saturated carbocycles. The molecule has 0 aliphatic carbocycles. The van der Waals surface area contributed by atoms with Gasteiger partial charge in [-0.15, -0.1) is 0 Å². The average Bonchev–Trinajstić information content (AvgIpc) is 2.84. The van der Waals surface area contributed by atoms with Crippen molar-refractivity contribution in [2.45, 2.75) is 0 Å². The topological polar surface area (TPSA) is 61.9 Å². The summed E-state index contributed by atoms with van der Waals surface area (Å²) in [5, 5.41) is 2.88. The molecule has 0 aromatic heterocycles. The molecule has 1 aliphatic rings. The quantitative estimate of drug-likeness (QED) is 0.660. The Morgan fingerprint density at radius 3 is 2.31 bits per heavy atom. The molecule has 3 aromatic carbocycles. The molecule has 7 heteroatoms. The third-order valence-electron chi connectivity index (χ3n) is 5.49. The van der Waals surface area contributed by atoms with Crippen LogP contribution >= 0.6 is 0 Å². The first kappa shape index (κ1) is 21.4. The first-order valence-electron chi connectivity index (χ1n) is 10.4. The van der Waals surface area contributed by atoms with Gasteiger partial charge in [0.15, 0.2) is 0 Å². The van der Waals surface area contributed by atoms with E-state index >= 15 is 0 Å². The van der Waals surface area contributed by atoms with E-state index in [0.717, 1.165) is 5.69 Å². The van der Waals surface area contributed by atoms with Crippen molar-refractivity contribution in [2.75, 3.05) is 43.5 Å². The number of hydrogen-bond donors (Lipinski definition) is 1. The Morgan fingerprint density at radius 2 is 1.62 bits per heavy atom. The zero-order valence-electron chi connectivity index (χ0n) is 17.8. The smallest absolute Gasteiger partial charge is 0.256 e. The van der Waals surface area contributed by atoms with Gasteiger partial charge in [-0.3, -0.25) is 9.59 Å². The maximum Gasteiger partial charge on any atom is 0.256 e. The van der Waals surface area contributed by atoms with E-state index in [1.54, 1.807) is 48.4 Å². The summed E-state index contributed by atoms with van der Waals surface area (Å²) in [6.45, 7) is 2.33. The van der Waals surface area contributed by atoms with Crippen LogP contribution in [0.25, 0.3) is 0 Å². The van der Waals surface area contributed by atoms with Gasteiger partial charge in [0.25, 0.3) is 11.8 Å². The summed E-state index contributed by atoms with van der Waals surface area (Å²) in [6.07, 6.45) is 0. The van der Waals surface area contributed by atoms with Crippen molar-refractivity contribution in [1.82, 2.24) is 4.90 Å². The van der Waals surface area contributed by atoms with Crippen molar-refractivity contribution in [3.8, 4) is 5.75 Å². The molecule has 1 fully saturated rings. The first-order valence-corrected chi connectivity index (χ1v) is 10.4. The van der Waals surface area contributed by atoms with Crippen LogP contribution in [0.3, 0.4) is 0 Å². The lowest BCUT2D eigenvalue weighted by molar-refractivity contribution is 0.0742. The molecule has 0 bridgehead atoms. The van der Waals surface area contributed by atoms with Gasteiger partial charge in [0.2, 0.25) is 0 Å². The highest BCUT2D eigenvalue weighted by Gasteiger charge is 2.24. The Labute approximate surface area is 186 Å². The van der Waals surface area contributed by atoms with E-state index in [9.17, 15) is 14.0 Å². The molecule has 0 radical (unpaired) electrons. The van der Waals surface area contributed by atoms with E-state index in [4.69, 9.17) is 4.74 Å². The minimum atomic E-state index is -0.494. The second-order valence-electron chi connectivity index (χ2n) is 7.49. The third-order valence-corrected chi connectivity index (χ3v) is 5.49. The molecular formula is C25H24FN3O3. The van der Waals surface area contributed by atoms with Gasteiger partial charge in [-0.1, -0.05) is 18.2 Å². The Hall–Kier alpha value is -3.87.